The Labute approximate surface area is 119 Å². The Bertz CT molecular complexity index is 591. The second kappa shape index (κ2) is 5.67. The number of carbonyl (C=O) groups excluding carboxylic acids is 1. The van der Waals surface area contributed by atoms with Gasteiger partial charge in [0.25, 0.3) is 0 Å². The van der Waals surface area contributed by atoms with Crippen LogP contribution in [0.4, 0.5) is 13.2 Å². The largest absolute Gasteiger partial charge is 0.416 e. The summed E-state index contributed by atoms with van der Waals surface area (Å²) in [6, 6.07) is 12.7. The summed E-state index contributed by atoms with van der Waals surface area (Å²) in [6.07, 6.45) is -4.42. The predicted molar refractivity (Wildman–Crippen MR) is 70.8 cm³/mol. The third kappa shape index (κ3) is 3.20. The Morgan fingerprint density at radius 1 is 0.950 bits per heavy atom. The summed E-state index contributed by atoms with van der Waals surface area (Å²) in [6.45, 7) is 0. The molecule has 0 aliphatic rings. The second-order valence-corrected chi connectivity index (χ2v) is 4.65. The number of benzene rings is 2. The summed E-state index contributed by atoms with van der Waals surface area (Å²) in [4.78, 5) is 12.1. The van der Waals surface area contributed by atoms with Crippen LogP contribution in [0.1, 0.15) is 26.9 Å². The van der Waals surface area contributed by atoms with E-state index >= 15 is 0 Å². The summed E-state index contributed by atoms with van der Waals surface area (Å²) in [5.41, 5.74) is -0.0270. The molecule has 0 amide bonds. The molecule has 0 aliphatic carbocycles. The number of Topliss-reactive ketones (excluding diaryl/α,β-unsaturated/α-hetero) is 1. The van der Waals surface area contributed by atoms with E-state index in [0.29, 0.717) is 5.56 Å². The Balaban J connectivity index is 2.22. The topological polar surface area (TPSA) is 17.1 Å². The molecule has 0 aromatic heterocycles. The van der Waals surface area contributed by atoms with Gasteiger partial charge in [-0.3, -0.25) is 4.79 Å². The first-order valence-electron chi connectivity index (χ1n) is 5.80. The van der Waals surface area contributed by atoms with Crippen LogP contribution < -0.4 is 0 Å². The monoisotopic (exact) mass is 298 g/mol. The number of alkyl halides is 4. The highest BCUT2D eigenvalue weighted by Crippen LogP contribution is 2.30. The first kappa shape index (κ1) is 14.6. The minimum Gasteiger partial charge on any atom is -0.292 e. The minimum absolute atomic E-state index is 0.154. The van der Waals surface area contributed by atoms with E-state index in [1.165, 1.54) is 0 Å². The van der Waals surface area contributed by atoms with Gasteiger partial charge in [0.1, 0.15) is 5.38 Å². The molecule has 0 saturated heterocycles. The van der Waals surface area contributed by atoms with Gasteiger partial charge >= 0.3 is 6.18 Å². The zero-order valence-electron chi connectivity index (χ0n) is 10.2. The molecule has 2 aromatic rings. The van der Waals surface area contributed by atoms with E-state index in [1.54, 1.807) is 30.3 Å². The number of carbonyl (C=O) groups is 1. The lowest BCUT2D eigenvalue weighted by atomic mass is 10.0. The lowest BCUT2D eigenvalue weighted by Crippen LogP contribution is -2.09. The van der Waals surface area contributed by atoms with Crippen molar-refractivity contribution in [2.75, 3.05) is 0 Å². The van der Waals surface area contributed by atoms with Crippen molar-refractivity contribution in [2.24, 2.45) is 0 Å². The summed E-state index contributed by atoms with van der Waals surface area (Å²) < 4.78 is 37.3. The Hall–Kier alpha value is -1.81. The van der Waals surface area contributed by atoms with Crippen LogP contribution in [0.5, 0.6) is 0 Å². The number of halogens is 4. The molecule has 1 unspecified atom stereocenters. The van der Waals surface area contributed by atoms with Crippen molar-refractivity contribution in [2.45, 2.75) is 11.6 Å². The molecule has 2 aromatic carbocycles. The van der Waals surface area contributed by atoms with Crippen molar-refractivity contribution in [1.82, 2.24) is 0 Å². The van der Waals surface area contributed by atoms with Gasteiger partial charge in [-0.15, -0.1) is 11.6 Å². The summed E-state index contributed by atoms with van der Waals surface area (Å²) >= 11 is 6.05. The van der Waals surface area contributed by atoms with Crippen LogP contribution in [-0.4, -0.2) is 5.78 Å². The Kier molecular flexibility index (Phi) is 4.14. The molecule has 104 valence electrons. The van der Waals surface area contributed by atoms with Crippen molar-refractivity contribution in [3.8, 4) is 0 Å². The highest BCUT2D eigenvalue weighted by molar-refractivity contribution is 6.33. The first-order valence-corrected chi connectivity index (χ1v) is 6.24. The van der Waals surface area contributed by atoms with Crippen molar-refractivity contribution < 1.29 is 18.0 Å². The van der Waals surface area contributed by atoms with Crippen molar-refractivity contribution >= 4 is 17.4 Å². The van der Waals surface area contributed by atoms with Crippen LogP contribution in [0.15, 0.2) is 54.6 Å². The molecular weight excluding hydrogens is 289 g/mol. The van der Waals surface area contributed by atoms with Gasteiger partial charge in [-0.1, -0.05) is 42.5 Å². The predicted octanol–water partition coefficient (Wildman–Crippen LogP) is 4.87. The molecule has 0 fully saturated rings. The minimum atomic E-state index is -4.42. The van der Waals surface area contributed by atoms with Crippen LogP contribution in [0.3, 0.4) is 0 Å². The van der Waals surface area contributed by atoms with E-state index in [1.807, 2.05) is 0 Å². The van der Waals surface area contributed by atoms with E-state index in [0.717, 1.165) is 24.3 Å². The molecule has 1 atom stereocenters. The maximum absolute atomic E-state index is 12.4. The third-order valence-corrected chi connectivity index (χ3v) is 3.27. The van der Waals surface area contributed by atoms with E-state index < -0.39 is 22.9 Å². The fraction of sp³-hybridized carbons (Fsp3) is 0.133. The quantitative estimate of drug-likeness (QED) is 0.584. The highest BCUT2D eigenvalue weighted by Gasteiger charge is 2.30. The Morgan fingerprint density at radius 3 is 2.00 bits per heavy atom. The lowest BCUT2D eigenvalue weighted by Gasteiger charge is -2.10. The van der Waals surface area contributed by atoms with Crippen LogP contribution in [-0.2, 0) is 6.18 Å². The van der Waals surface area contributed by atoms with E-state index in [2.05, 4.69) is 0 Å². The molecule has 0 heterocycles. The van der Waals surface area contributed by atoms with Crippen molar-refractivity contribution in [3.05, 3.63) is 71.3 Å². The van der Waals surface area contributed by atoms with E-state index in [9.17, 15) is 18.0 Å². The molecule has 0 spiro atoms. The number of rotatable bonds is 3. The maximum Gasteiger partial charge on any atom is 0.416 e. The SMILES string of the molecule is O=C(c1ccc(C(F)(F)F)cc1)C(Cl)c1ccccc1. The van der Waals surface area contributed by atoms with Crippen molar-refractivity contribution in [3.63, 3.8) is 0 Å². The lowest BCUT2D eigenvalue weighted by molar-refractivity contribution is -0.137. The van der Waals surface area contributed by atoms with Crippen LogP contribution in [0.2, 0.25) is 0 Å². The summed E-state index contributed by atoms with van der Waals surface area (Å²) in [5.74, 6) is -0.424. The van der Waals surface area contributed by atoms with E-state index in [4.69, 9.17) is 11.6 Å². The second-order valence-electron chi connectivity index (χ2n) is 4.21. The third-order valence-electron chi connectivity index (χ3n) is 2.82. The van der Waals surface area contributed by atoms with Crippen LogP contribution in [0.25, 0.3) is 0 Å². The first-order chi connectivity index (χ1) is 9.39. The Morgan fingerprint density at radius 2 is 1.50 bits per heavy atom. The summed E-state index contributed by atoms with van der Waals surface area (Å²) in [7, 11) is 0. The summed E-state index contributed by atoms with van der Waals surface area (Å²) in [5, 5.41) is -0.909. The fourth-order valence-electron chi connectivity index (χ4n) is 1.74. The van der Waals surface area contributed by atoms with Gasteiger partial charge in [0.05, 0.1) is 5.56 Å². The molecule has 0 bridgehead atoms. The molecular formula is C15H10ClF3O. The zero-order valence-corrected chi connectivity index (χ0v) is 10.9. The van der Waals surface area contributed by atoms with Gasteiger partial charge < -0.3 is 0 Å². The van der Waals surface area contributed by atoms with Gasteiger partial charge in [0.2, 0.25) is 0 Å². The van der Waals surface area contributed by atoms with Gasteiger partial charge in [-0.25, -0.2) is 0 Å². The van der Waals surface area contributed by atoms with Gasteiger partial charge in [0, 0.05) is 5.56 Å². The smallest absolute Gasteiger partial charge is 0.292 e. The average Bonchev–Trinajstić information content (AvgIpc) is 2.46. The van der Waals surface area contributed by atoms with Gasteiger partial charge in [-0.05, 0) is 17.7 Å². The average molecular weight is 299 g/mol. The molecule has 0 aliphatic heterocycles. The van der Waals surface area contributed by atoms with Crippen LogP contribution >= 0.6 is 11.6 Å². The number of hydrogen-bond acceptors (Lipinski definition) is 1. The molecule has 5 heteroatoms. The van der Waals surface area contributed by atoms with Gasteiger partial charge in [0.15, 0.2) is 5.78 Å². The normalized spacial score (nSPS) is 13.0. The maximum atomic E-state index is 12.4. The molecule has 2 rings (SSSR count). The number of hydrogen-bond donors (Lipinski definition) is 0. The standard InChI is InChI=1S/C15H10ClF3O/c16-13(10-4-2-1-3-5-10)14(20)11-6-8-12(9-7-11)15(17,18)19/h1-9,13H. The molecule has 0 N–H and O–H groups in total. The molecule has 0 saturated carbocycles. The molecule has 1 nitrogen and oxygen atoms in total. The molecule has 0 radical (unpaired) electrons. The highest BCUT2D eigenvalue weighted by atomic mass is 35.5. The van der Waals surface area contributed by atoms with E-state index in [-0.39, 0.29) is 5.56 Å². The zero-order chi connectivity index (χ0) is 14.8. The number of ketones is 1. The van der Waals surface area contributed by atoms with Gasteiger partial charge in [-0.2, -0.15) is 13.2 Å². The molecule has 20 heavy (non-hydrogen) atoms. The fourth-order valence-corrected chi connectivity index (χ4v) is 2.01. The van der Waals surface area contributed by atoms with Crippen molar-refractivity contribution in [1.29, 1.82) is 0 Å². The van der Waals surface area contributed by atoms with Crippen LogP contribution in [0, 0.1) is 0 Å².